The van der Waals surface area contributed by atoms with Gasteiger partial charge in [-0.2, -0.15) is 13.2 Å². The first kappa shape index (κ1) is 28.9. The van der Waals surface area contributed by atoms with Gasteiger partial charge in [-0.1, -0.05) is 6.07 Å². The Labute approximate surface area is 229 Å². The van der Waals surface area contributed by atoms with E-state index >= 15 is 0 Å². The Kier molecular flexibility index (Phi) is 8.20. The fourth-order valence-electron chi connectivity index (χ4n) is 6.17. The van der Waals surface area contributed by atoms with Crippen LogP contribution >= 0.6 is 0 Å². The molecular weight excluding hydrogens is 535 g/mol. The van der Waals surface area contributed by atoms with Crippen molar-refractivity contribution in [2.75, 3.05) is 19.7 Å². The van der Waals surface area contributed by atoms with E-state index in [1.807, 2.05) is 0 Å². The number of halogens is 5. The first-order valence-corrected chi connectivity index (χ1v) is 13.6. The summed E-state index contributed by atoms with van der Waals surface area (Å²) in [5.74, 6) is -1.82. The van der Waals surface area contributed by atoms with Gasteiger partial charge in [0, 0.05) is 18.2 Å². The van der Waals surface area contributed by atoms with E-state index in [0.29, 0.717) is 19.1 Å². The summed E-state index contributed by atoms with van der Waals surface area (Å²) in [7, 11) is 0. The van der Waals surface area contributed by atoms with Gasteiger partial charge in [-0.05, 0) is 105 Å². The lowest BCUT2D eigenvalue weighted by molar-refractivity contribution is -0.165. The minimum Gasteiger partial charge on any atom is -0.364 e. The number of carbonyl (C=O) groups is 1. The zero-order chi connectivity index (χ0) is 28.7. The molecule has 0 radical (unpaired) electrons. The van der Waals surface area contributed by atoms with Crippen LogP contribution in [0.2, 0.25) is 0 Å². The van der Waals surface area contributed by atoms with Crippen molar-refractivity contribution >= 4 is 5.91 Å². The Balaban J connectivity index is 1.17. The van der Waals surface area contributed by atoms with Gasteiger partial charge in [0.25, 0.3) is 5.91 Å². The number of carbonyl (C=O) groups excluding carboxylic acids is 1. The van der Waals surface area contributed by atoms with E-state index in [1.165, 1.54) is 12.1 Å². The minimum atomic E-state index is -4.68. The maximum atomic E-state index is 13.9. The third-order valence-electron chi connectivity index (χ3n) is 8.56. The van der Waals surface area contributed by atoms with E-state index in [1.54, 1.807) is 6.07 Å². The minimum absolute atomic E-state index is 0.0324. The smallest absolute Gasteiger partial charge is 0.364 e. The Morgan fingerprint density at radius 3 is 2.38 bits per heavy atom. The lowest BCUT2D eigenvalue weighted by atomic mass is 9.84. The molecule has 11 heteroatoms. The highest BCUT2D eigenvalue weighted by atomic mass is 19.4. The van der Waals surface area contributed by atoms with E-state index in [-0.39, 0.29) is 41.5 Å². The van der Waals surface area contributed by atoms with Gasteiger partial charge in [-0.3, -0.25) is 9.69 Å². The fourth-order valence-corrected chi connectivity index (χ4v) is 6.17. The van der Waals surface area contributed by atoms with Gasteiger partial charge < -0.3 is 20.3 Å². The fraction of sp³-hybridized carbons (Fsp3) is 0.552. The molecule has 3 aliphatic rings. The van der Waals surface area contributed by atoms with E-state index in [2.05, 4.69) is 10.2 Å². The molecule has 2 atom stereocenters. The summed E-state index contributed by atoms with van der Waals surface area (Å²) < 4.78 is 73.1. The molecule has 3 N–H and O–H groups in total. The van der Waals surface area contributed by atoms with Gasteiger partial charge in [-0.15, -0.1) is 0 Å². The lowest BCUT2D eigenvalue weighted by Gasteiger charge is -2.45. The number of aliphatic hydroxyl groups excluding tert-OH is 1. The molecule has 1 saturated carbocycles. The monoisotopic (exact) mass is 568 g/mol. The molecule has 0 unspecified atom stereocenters. The van der Waals surface area contributed by atoms with Gasteiger partial charge in [-0.25, -0.2) is 8.78 Å². The molecule has 2 heterocycles. The first-order chi connectivity index (χ1) is 19.0. The number of hydrogen-bond donors (Lipinski definition) is 3. The van der Waals surface area contributed by atoms with E-state index in [9.17, 15) is 37.0 Å². The Morgan fingerprint density at radius 1 is 1.05 bits per heavy atom. The van der Waals surface area contributed by atoms with Crippen LogP contribution < -0.4 is 5.32 Å². The van der Waals surface area contributed by atoms with Crippen molar-refractivity contribution in [1.82, 2.24) is 10.2 Å². The second-order valence-corrected chi connectivity index (χ2v) is 11.2. The quantitative estimate of drug-likeness (QED) is 0.331. The molecule has 2 aromatic carbocycles. The number of aliphatic hydroxyl groups is 2. The predicted octanol–water partition coefficient (Wildman–Crippen LogP) is 4.79. The van der Waals surface area contributed by atoms with Gasteiger partial charge in [0.15, 0.2) is 6.29 Å². The average Bonchev–Trinajstić information content (AvgIpc) is 3.77. The number of piperidine rings is 1. The molecule has 2 aliphatic heterocycles. The molecule has 5 rings (SSSR count). The number of ether oxygens (including phenoxy) is 1. The van der Waals surface area contributed by atoms with Crippen LogP contribution in [0, 0.1) is 17.6 Å². The number of nitrogens with one attached hydrogen (secondary N) is 1. The van der Waals surface area contributed by atoms with Crippen LogP contribution in [0.15, 0.2) is 36.4 Å². The largest absolute Gasteiger partial charge is 0.416 e. The third-order valence-corrected chi connectivity index (χ3v) is 8.56. The number of benzene rings is 2. The van der Waals surface area contributed by atoms with E-state index in [0.717, 1.165) is 62.9 Å². The van der Waals surface area contributed by atoms with Gasteiger partial charge in [0.05, 0.1) is 12.2 Å². The van der Waals surface area contributed by atoms with Crippen LogP contribution in [0.4, 0.5) is 22.0 Å². The maximum Gasteiger partial charge on any atom is 0.416 e. The molecular formula is C29H33F5N2O4. The normalized spacial score (nSPS) is 24.9. The second kappa shape index (κ2) is 11.3. The standard InChI is InChI=1S/C29H33F5N2O4/c30-22-12-17(11-21(14-22)29(32,33)34)15-35-27(39)28(20-2-3-20)8-5-23(16-40-28)36-9-6-18(7-10-36)19-1-4-25(31)24(13-19)26(37)38/h1,4,11-14,18,20,23,26,37-38H,2-3,5-10,15-16H2,(H,35,39)/t23-,28+/m1/s1. The van der Waals surface area contributed by atoms with Crippen LogP contribution in [0.25, 0.3) is 0 Å². The molecule has 6 nitrogen and oxygen atoms in total. The lowest BCUT2D eigenvalue weighted by Crippen LogP contribution is -2.57. The number of amides is 1. The zero-order valence-electron chi connectivity index (χ0n) is 21.9. The summed E-state index contributed by atoms with van der Waals surface area (Å²) in [6.07, 6.45) is -2.04. The highest BCUT2D eigenvalue weighted by molar-refractivity contribution is 5.86. The summed E-state index contributed by atoms with van der Waals surface area (Å²) >= 11 is 0. The van der Waals surface area contributed by atoms with E-state index < -0.39 is 35.3 Å². The van der Waals surface area contributed by atoms with E-state index in [4.69, 9.17) is 4.74 Å². The van der Waals surface area contributed by atoms with Crippen molar-refractivity contribution in [2.24, 2.45) is 5.92 Å². The molecule has 0 bridgehead atoms. The van der Waals surface area contributed by atoms with Crippen molar-refractivity contribution in [3.05, 3.63) is 70.3 Å². The topological polar surface area (TPSA) is 82.0 Å². The second-order valence-electron chi connectivity index (χ2n) is 11.2. The Hall–Kier alpha value is -2.60. The van der Waals surface area contributed by atoms with Crippen LogP contribution in [-0.2, 0) is 22.3 Å². The van der Waals surface area contributed by atoms with Crippen molar-refractivity contribution in [3.63, 3.8) is 0 Å². The van der Waals surface area contributed by atoms with Crippen molar-refractivity contribution in [3.8, 4) is 0 Å². The van der Waals surface area contributed by atoms with Gasteiger partial charge in [0.2, 0.25) is 0 Å². The van der Waals surface area contributed by atoms with Crippen molar-refractivity contribution in [2.45, 2.75) is 75.1 Å². The third kappa shape index (κ3) is 6.17. The van der Waals surface area contributed by atoms with Crippen LogP contribution in [0.5, 0.6) is 0 Å². The van der Waals surface area contributed by atoms with Crippen LogP contribution in [0.1, 0.15) is 73.0 Å². The molecule has 40 heavy (non-hydrogen) atoms. The summed E-state index contributed by atoms with van der Waals surface area (Å²) in [5.41, 5.74) is -1.36. The first-order valence-electron chi connectivity index (χ1n) is 13.6. The average molecular weight is 569 g/mol. The maximum absolute atomic E-state index is 13.9. The molecule has 2 aromatic rings. The number of hydrogen-bond acceptors (Lipinski definition) is 5. The van der Waals surface area contributed by atoms with Gasteiger partial charge >= 0.3 is 6.18 Å². The van der Waals surface area contributed by atoms with Gasteiger partial charge in [0.1, 0.15) is 17.2 Å². The Bertz CT molecular complexity index is 1220. The Morgan fingerprint density at radius 2 is 1.77 bits per heavy atom. The number of likely N-dealkylation sites (tertiary alicyclic amines) is 1. The highest BCUT2D eigenvalue weighted by Crippen LogP contribution is 2.47. The molecule has 218 valence electrons. The summed E-state index contributed by atoms with van der Waals surface area (Å²) in [5, 5.41) is 21.5. The zero-order valence-corrected chi connectivity index (χ0v) is 21.9. The van der Waals surface area contributed by atoms with Crippen LogP contribution in [-0.4, -0.2) is 52.4 Å². The molecule has 2 saturated heterocycles. The summed E-state index contributed by atoms with van der Waals surface area (Å²) in [4.78, 5) is 15.6. The number of alkyl halides is 3. The summed E-state index contributed by atoms with van der Waals surface area (Å²) in [6, 6.07) is 6.83. The highest BCUT2D eigenvalue weighted by Gasteiger charge is 2.54. The molecule has 0 spiro atoms. The SMILES string of the molecule is O=C(NCc1cc(F)cc(C(F)(F)F)c1)[C@@]1(C2CC2)CC[C@@H](N2CCC(c3ccc(F)c(C(O)O)c3)CC2)CO1. The van der Waals surface area contributed by atoms with Crippen LogP contribution in [0.3, 0.4) is 0 Å². The van der Waals surface area contributed by atoms with Crippen molar-refractivity contribution in [1.29, 1.82) is 0 Å². The molecule has 1 amide bonds. The molecule has 0 aromatic heterocycles. The molecule has 1 aliphatic carbocycles. The predicted molar refractivity (Wildman–Crippen MR) is 135 cm³/mol. The number of nitrogens with zero attached hydrogens (tertiary/aromatic N) is 1. The van der Waals surface area contributed by atoms with Crippen molar-refractivity contribution < 1.29 is 41.7 Å². The molecule has 3 fully saturated rings. The number of rotatable bonds is 7. The summed E-state index contributed by atoms with van der Waals surface area (Å²) in [6.45, 7) is 1.67.